The van der Waals surface area contributed by atoms with E-state index in [1.807, 2.05) is 56.0 Å². The molecule has 0 saturated carbocycles. The van der Waals surface area contributed by atoms with E-state index in [0.29, 0.717) is 18.2 Å². The largest absolute Gasteiger partial charge is 0.355 e. The first-order chi connectivity index (χ1) is 11.4. The van der Waals surface area contributed by atoms with Gasteiger partial charge in [0.15, 0.2) is 0 Å². The van der Waals surface area contributed by atoms with Crippen molar-refractivity contribution >= 4 is 23.6 Å². The number of hydrogen-bond donors (Lipinski definition) is 1. The molecule has 24 heavy (non-hydrogen) atoms. The van der Waals surface area contributed by atoms with Crippen LogP contribution in [0.25, 0.3) is 0 Å². The van der Waals surface area contributed by atoms with Crippen LogP contribution in [0.2, 0.25) is 0 Å². The Bertz CT molecular complexity index is 554. The molecular formula is C19H28N2O2S. The Hall–Kier alpha value is -1.49. The van der Waals surface area contributed by atoms with Gasteiger partial charge < -0.3 is 10.2 Å². The molecule has 1 fully saturated rings. The van der Waals surface area contributed by atoms with Gasteiger partial charge in [0, 0.05) is 29.9 Å². The predicted octanol–water partition coefficient (Wildman–Crippen LogP) is 3.18. The first-order valence-corrected chi connectivity index (χ1v) is 9.59. The van der Waals surface area contributed by atoms with Crippen LogP contribution in [0.1, 0.15) is 33.6 Å². The van der Waals surface area contributed by atoms with Crippen LogP contribution in [0, 0.1) is 11.3 Å². The second-order valence-corrected chi connectivity index (χ2v) is 8.46. The number of benzene rings is 1. The van der Waals surface area contributed by atoms with Crippen molar-refractivity contribution < 1.29 is 9.59 Å². The van der Waals surface area contributed by atoms with Gasteiger partial charge in [0.1, 0.15) is 0 Å². The highest BCUT2D eigenvalue weighted by Crippen LogP contribution is 2.21. The van der Waals surface area contributed by atoms with Crippen LogP contribution in [-0.2, 0) is 9.59 Å². The molecule has 1 N–H and O–H groups in total. The summed E-state index contributed by atoms with van der Waals surface area (Å²) in [5, 5.41) is 3.03. The molecule has 0 radical (unpaired) electrons. The molecule has 1 aromatic carbocycles. The molecule has 0 aliphatic carbocycles. The number of rotatable bonds is 5. The highest BCUT2D eigenvalue weighted by molar-refractivity contribution is 8.00. The SMILES string of the molecule is CC(C)(C)C(=O)NCC1CCCN(C(=O)CSc2ccccc2)C1. The molecule has 2 rings (SSSR count). The van der Waals surface area contributed by atoms with E-state index >= 15 is 0 Å². The Morgan fingerprint density at radius 3 is 2.62 bits per heavy atom. The lowest BCUT2D eigenvalue weighted by molar-refractivity contribution is -0.130. The van der Waals surface area contributed by atoms with Crippen LogP contribution in [0.3, 0.4) is 0 Å². The zero-order valence-electron chi connectivity index (χ0n) is 14.9. The van der Waals surface area contributed by atoms with Gasteiger partial charge in [-0.2, -0.15) is 0 Å². The van der Waals surface area contributed by atoms with Gasteiger partial charge in [-0.1, -0.05) is 39.0 Å². The van der Waals surface area contributed by atoms with Crippen molar-refractivity contribution in [1.29, 1.82) is 0 Å². The van der Waals surface area contributed by atoms with E-state index in [2.05, 4.69) is 5.32 Å². The van der Waals surface area contributed by atoms with Gasteiger partial charge in [0.25, 0.3) is 0 Å². The summed E-state index contributed by atoms with van der Waals surface area (Å²) in [7, 11) is 0. The lowest BCUT2D eigenvalue weighted by Crippen LogP contribution is -2.45. The molecule has 1 aromatic rings. The zero-order chi connectivity index (χ0) is 17.6. The molecule has 1 atom stereocenters. The van der Waals surface area contributed by atoms with Gasteiger partial charge in [0.2, 0.25) is 11.8 Å². The van der Waals surface area contributed by atoms with E-state index in [-0.39, 0.29) is 17.2 Å². The van der Waals surface area contributed by atoms with Gasteiger partial charge in [-0.3, -0.25) is 9.59 Å². The number of nitrogens with one attached hydrogen (secondary N) is 1. The third kappa shape index (κ3) is 5.86. The second-order valence-electron chi connectivity index (χ2n) is 7.41. The third-order valence-corrected chi connectivity index (χ3v) is 5.21. The number of likely N-dealkylation sites (tertiary alicyclic amines) is 1. The first-order valence-electron chi connectivity index (χ1n) is 8.60. The number of nitrogens with zero attached hydrogens (tertiary/aromatic N) is 1. The summed E-state index contributed by atoms with van der Waals surface area (Å²) in [5.41, 5.74) is -0.365. The van der Waals surface area contributed by atoms with Gasteiger partial charge in [-0.25, -0.2) is 0 Å². The minimum absolute atomic E-state index is 0.0746. The molecule has 4 nitrogen and oxygen atoms in total. The maximum Gasteiger partial charge on any atom is 0.232 e. The number of hydrogen-bond acceptors (Lipinski definition) is 3. The Kier molecular flexibility index (Phi) is 6.72. The first kappa shape index (κ1) is 18.8. The molecule has 132 valence electrons. The van der Waals surface area contributed by atoms with Crippen LogP contribution in [0.5, 0.6) is 0 Å². The molecule has 1 saturated heterocycles. The van der Waals surface area contributed by atoms with Gasteiger partial charge >= 0.3 is 0 Å². The van der Waals surface area contributed by atoms with E-state index in [4.69, 9.17) is 0 Å². The summed E-state index contributed by atoms with van der Waals surface area (Å²) in [6.07, 6.45) is 2.08. The molecule has 2 amide bonds. The van der Waals surface area contributed by atoms with Gasteiger partial charge in [-0.05, 0) is 30.9 Å². The Morgan fingerprint density at radius 2 is 1.96 bits per heavy atom. The van der Waals surface area contributed by atoms with E-state index in [0.717, 1.165) is 30.8 Å². The molecule has 1 unspecified atom stereocenters. The van der Waals surface area contributed by atoms with Crippen molar-refractivity contribution in [3.8, 4) is 0 Å². The highest BCUT2D eigenvalue weighted by Gasteiger charge is 2.26. The lowest BCUT2D eigenvalue weighted by atomic mass is 9.94. The van der Waals surface area contributed by atoms with Crippen molar-refractivity contribution in [3.63, 3.8) is 0 Å². The van der Waals surface area contributed by atoms with E-state index < -0.39 is 0 Å². The summed E-state index contributed by atoms with van der Waals surface area (Å²) in [5.74, 6) is 1.10. The zero-order valence-corrected chi connectivity index (χ0v) is 15.7. The molecule has 1 aliphatic rings. The van der Waals surface area contributed by atoms with Gasteiger partial charge in [0.05, 0.1) is 5.75 Å². The van der Waals surface area contributed by atoms with Crippen molar-refractivity contribution in [2.24, 2.45) is 11.3 Å². The van der Waals surface area contributed by atoms with Crippen LogP contribution in [-0.4, -0.2) is 42.1 Å². The summed E-state index contributed by atoms with van der Waals surface area (Å²) in [6.45, 7) is 7.99. The fourth-order valence-electron chi connectivity index (χ4n) is 2.71. The Morgan fingerprint density at radius 1 is 1.25 bits per heavy atom. The van der Waals surface area contributed by atoms with Crippen LogP contribution >= 0.6 is 11.8 Å². The van der Waals surface area contributed by atoms with Gasteiger partial charge in [-0.15, -0.1) is 11.8 Å². The average Bonchev–Trinajstić information content (AvgIpc) is 2.58. The van der Waals surface area contributed by atoms with Crippen molar-refractivity contribution in [2.45, 2.75) is 38.5 Å². The predicted molar refractivity (Wildman–Crippen MR) is 98.9 cm³/mol. The summed E-state index contributed by atoms with van der Waals surface area (Å²) < 4.78 is 0. The number of thioether (sulfide) groups is 1. The topological polar surface area (TPSA) is 49.4 Å². The van der Waals surface area contributed by atoms with Crippen molar-refractivity contribution in [1.82, 2.24) is 10.2 Å². The summed E-state index contributed by atoms with van der Waals surface area (Å²) in [4.78, 5) is 27.5. The fourth-order valence-corrected chi connectivity index (χ4v) is 3.54. The molecule has 1 heterocycles. The third-order valence-electron chi connectivity index (χ3n) is 4.21. The number of amides is 2. The van der Waals surface area contributed by atoms with E-state index in [1.54, 1.807) is 11.8 Å². The maximum atomic E-state index is 12.4. The normalized spacial score (nSPS) is 18.3. The highest BCUT2D eigenvalue weighted by atomic mass is 32.2. The second kappa shape index (κ2) is 8.56. The molecular weight excluding hydrogens is 320 g/mol. The fraction of sp³-hybridized carbons (Fsp3) is 0.579. The smallest absolute Gasteiger partial charge is 0.232 e. The van der Waals surface area contributed by atoms with E-state index in [1.165, 1.54) is 0 Å². The molecule has 0 aromatic heterocycles. The van der Waals surface area contributed by atoms with Crippen molar-refractivity contribution in [3.05, 3.63) is 30.3 Å². The number of carbonyl (C=O) groups excluding carboxylic acids is 2. The minimum Gasteiger partial charge on any atom is -0.355 e. The van der Waals surface area contributed by atoms with Crippen LogP contribution in [0.4, 0.5) is 0 Å². The summed E-state index contributed by atoms with van der Waals surface area (Å²) >= 11 is 1.58. The molecule has 1 aliphatic heterocycles. The monoisotopic (exact) mass is 348 g/mol. The Labute approximate surface area is 149 Å². The molecule has 0 spiro atoms. The number of piperidine rings is 1. The van der Waals surface area contributed by atoms with Crippen LogP contribution < -0.4 is 5.32 Å². The maximum absolute atomic E-state index is 12.4. The minimum atomic E-state index is -0.365. The molecule has 0 bridgehead atoms. The average molecular weight is 349 g/mol. The van der Waals surface area contributed by atoms with Crippen LogP contribution in [0.15, 0.2) is 35.2 Å². The quantitative estimate of drug-likeness (QED) is 0.832. The molecule has 5 heteroatoms. The number of carbonyl (C=O) groups is 2. The summed E-state index contributed by atoms with van der Waals surface area (Å²) in [6, 6.07) is 10.0. The lowest BCUT2D eigenvalue weighted by Gasteiger charge is -2.33. The standard InChI is InChI=1S/C19H28N2O2S/c1-19(2,3)18(23)20-12-15-8-7-11-21(13-15)17(22)14-24-16-9-5-4-6-10-16/h4-6,9-10,15H,7-8,11-14H2,1-3H3,(H,20,23). The Balaban J connectivity index is 1.77. The van der Waals surface area contributed by atoms with E-state index in [9.17, 15) is 9.59 Å². The van der Waals surface area contributed by atoms with Crippen molar-refractivity contribution in [2.75, 3.05) is 25.4 Å².